The first kappa shape index (κ1) is 16.5. The van der Waals surface area contributed by atoms with E-state index in [0.29, 0.717) is 0 Å². The lowest BCUT2D eigenvalue weighted by Gasteiger charge is -2.20. The molecule has 0 spiro atoms. The quantitative estimate of drug-likeness (QED) is 0.808. The van der Waals surface area contributed by atoms with Crippen molar-refractivity contribution in [3.05, 3.63) is 36.0 Å². The average molecular weight is 254 g/mol. The molecule has 1 rings (SSSR count). The molecule has 1 aliphatic carbocycles. The molecule has 0 fully saturated rings. The molecule has 2 heteroatoms. The van der Waals surface area contributed by atoms with Gasteiger partial charge in [-0.2, -0.15) is 11.8 Å². The smallest absolute Gasteiger partial charge is 0.0699 e. The lowest BCUT2D eigenvalue weighted by molar-refractivity contribution is 0.171. The highest BCUT2D eigenvalue weighted by atomic mass is 32.2. The van der Waals surface area contributed by atoms with Gasteiger partial charge in [-0.1, -0.05) is 38.7 Å². The van der Waals surface area contributed by atoms with E-state index in [1.165, 1.54) is 11.1 Å². The Balaban J connectivity index is 0.00000121. The van der Waals surface area contributed by atoms with Crippen molar-refractivity contribution in [1.29, 1.82) is 0 Å². The molecule has 1 nitrogen and oxygen atoms in total. The van der Waals surface area contributed by atoms with Crippen molar-refractivity contribution in [3.63, 3.8) is 0 Å². The molecule has 0 bridgehead atoms. The van der Waals surface area contributed by atoms with Gasteiger partial charge < -0.3 is 5.11 Å². The molecule has 0 heterocycles. The van der Waals surface area contributed by atoms with Crippen molar-refractivity contribution >= 4 is 11.8 Å². The summed E-state index contributed by atoms with van der Waals surface area (Å²) in [5.74, 6) is 0. The van der Waals surface area contributed by atoms with E-state index in [1.807, 2.05) is 26.8 Å². The van der Waals surface area contributed by atoms with E-state index >= 15 is 0 Å². The molecular weight excluding hydrogens is 228 g/mol. The summed E-state index contributed by atoms with van der Waals surface area (Å²) >= 11 is 1.72. The summed E-state index contributed by atoms with van der Waals surface area (Å²) in [5.41, 5.74) is 2.55. The van der Waals surface area contributed by atoms with Gasteiger partial charge in [0.25, 0.3) is 0 Å². The van der Waals surface area contributed by atoms with Crippen LogP contribution in [0.25, 0.3) is 0 Å². The number of rotatable bonds is 3. The summed E-state index contributed by atoms with van der Waals surface area (Å²) in [4.78, 5) is 0. The number of thioether (sulfide) groups is 1. The molecule has 0 aromatic rings. The zero-order valence-corrected chi connectivity index (χ0v) is 12.4. The van der Waals surface area contributed by atoms with Gasteiger partial charge in [0.15, 0.2) is 0 Å². The van der Waals surface area contributed by atoms with Gasteiger partial charge in [-0.05, 0) is 43.6 Å². The molecule has 0 saturated heterocycles. The van der Waals surface area contributed by atoms with Crippen LogP contribution in [0.4, 0.5) is 0 Å². The van der Waals surface area contributed by atoms with Crippen LogP contribution in [0.5, 0.6) is 0 Å². The van der Waals surface area contributed by atoms with Gasteiger partial charge in [0.1, 0.15) is 0 Å². The van der Waals surface area contributed by atoms with Crippen LogP contribution >= 0.6 is 11.8 Å². The van der Waals surface area contributed by atoms with Gasteiger partial charge in [0.05, 0.1) is 11.4 Å². The topological polar surface area (TPSA) is 20.2 Å². The Labute approximate surface area is 111 Å². The third-order valence-electron chi connectivity index (χ3n) is 2.81. The molecule has 17 heavy (non-hydrogen) atoms. The van der Waals surface area contributed by atoms with Gasteiger partial charge in [0.2, 0.25) is 0 Å². The van der Waals surface area contributed by atoms with Crippen molar-refractivity contribution in [1.82, 2.24) is 0 Å². The standard InChI is InChI=1S/C13H20OS.C2H6/c1-4-7-10-8-6-9-12(14)13(15-3)11(10)5-2;1-2/h4-5,7,12-14H,2,6,8-9H2,1,3H3;1-2H3/b7-4-;. The van der Waals surface area contributed by atoms with Crippen LogP contribution in [0.3, 0.4) is 0 Å². The van der Waals surface area contributed by atoms with Crippen molar-refractivity contribution in [3.8, 4) is 0 Å². The Morgan fingerprint density at radius 2 is 2.06 bits per heavy atom. The van der Waals surface area contributed by atoms with Crippen LogP contribution in [0.1, 0.15) is 40.0 Å². The average Bonchev–Trinajstić information content (AvgIpc) is 2.51. The van der Waals surface area contributed by atoms with Crippen molar-refractivity contribution < 1.29 is 5.11 Å². The molecular formula is C15H26OS. The summed E-state index contributed by atoms with van der Waals surface area (Å²) < 4.78 is 0. The lowest BCUT2D eigenvalue weighted by atomic mass is 10.0. The maximum atomic E-state index is 10.0. The van der Waals surface area contributed by atoms with Crippen LogP contribution in [-0.4, -0.2) is 22.7 Å². The van der Waals surface area contributed by atoms with E-state index in [4.69, 9.17) is 0 Å². The van der Waals surface area contributed by atoms with Crippen molar-refractivity contribution in [2.75, 3.05) is 6.26 Å². The highest BCUT2D eigenvalue weighted by Gasteiger charge is 2.25. The van der Waals surface area contributed by atoms with Crippen LogP contribution in [0.15, 0.2) is 36.0 Å². The molecule has 1 N–H and O–H groups in total. The molecule has 0 amide bonds. The first-order valence-electron chi connectivity index (χ1n) is 6.43. The molecule has 0 radical (unpaired) electrons. The van der Waals surface area contributed by atoms with Crippen LogP contribution in [-0.2, 0) is 0 Å². The van der Waals surface area contributed by atoms with Gasteiger partial charge in [-0.3, -0.25) is 0 Å². The van der Waals surface area contributed by atoms with Gasteiger partial charge in [-0.25, -0.2) is 0 Å². The minimum Gasteiger partial charge on any atom is -0.392 e. The summed E-state index contributed by atoms with van der Waals surface area (Å²) in [6, 6.07) is 0. The second kappa shape index (κ2) is 9.55. The fourth-order valence-corrected chi connectivity index (χ4v) is 3.05. The van der Waals surface area contributed by atoms with E-state index in [0.717, 1.165) is 19.3 Å². The number of hydrogen-bond donors (Lipinski definition) is 1. The monoisotopic (exact) mass is 254 g/mol. The molecule has 2 unspecified atom stereocenters. The number of aliphatic hydroxyl groups is 1. The third kappa shape index (κ3) is 4.72. The van der Waals surface area contributed by atoms with Gasteiger partial charge >= 0.3 is 0 Å². The summed E-state index contributed by atoms with van der Waals surface area (Å²) in [6.45, 7) is 9.91. The summed E-state index contributed by atoms with van der Waals surface area (Å²) in [7, 11) is 0. The van der Waals surface area contributed by atoms with Crippen LogP contribution in [0.2, 0.25) is 0 Å². The molecule has 1 aliphatic rings. The molecule has 0 aromatic carbocycles. The maximum absolute atomic E-state index is 10.0. The number of hydrogen-bond acceptors (Lipinski definition) is 2. The van der Waals surface area contributed by atoms with Crippen LogP contribution in [0, 0.1) is 0 Å². The Morgan fingerprint density at radius 3 is 2.53 bits per heavy atom. The lowest BCUT2D eigenvalue weighted by Crippen LogP contribution is -2.23. The summed E-state index contributed by atoms with van der Waals surface area (Å²) in [6.07, 6.45) is 11.0. The minimum absolute atomic E-state index is 0.191. The fraction of sp³-hybridized carbons (Fsp3) is 0.600. The van der Waals surface area contributed by atoms with Gasteiger partial charge in [-0.15, -0.1) is 0 Å². The molecule has 0 saturated carbocycles. The van der Waals surface area contributed by atoms with E-state index in [9.17, 15) is 5.11 Å². The van der Waals surface area contributed by atoms with Crippen molar-refractivity contribution in [2.24, 2.45) is 0 Å². The maximum Gasteiger partial charge on any atom is 0.0699 e. The first-order valence-corrected chi connectivity index (χ1v) is 7.72. The second-order valence-corrected chi connectivity index (χ2v) is 4.78. The normalized spacial score (nSPS) is 25.2. The van der Waals surface area contributed by atoms with E-state index in [1.54, 1.807) is 11.8 Å². The zero-order chi connectivity index (χ0) is 13.3. The zero-order valence-electron chi connectivity index (χ0n) is 11.6. The highest BCUT2D eigenvalue weighted by Crippen LogP contribution is 2.32. The predicted molar refractivity (Wildman–Crippen MR) is 80.5 cm³/mol. The molecule has 0 aromatic heterocycles. The number of allylic oxidation sites excluding steroid dienone is 4. The third-order valence-corrected chi connectivity index (χ3v) is 3.89. The molecule has 98 valence electrons. The Hall–Kier alpha value is -0.470. The number of aliphatic hydroxyl groups excluding tert-OH is 1. The van der Waals surface area contributed by atoms with E-state index in [2.05, 4.69) is 25.0 Å². The minimum atomic E-state index is -0.226. The molecule has 0 aliphatic heterocycles. The van der Waals surface area contributed by atoms with Gasteiger partial charge in [0, 0.05) is 0 Å². The van der Waals surface area contributed by atoms with E-state index < -0.39 is 0 Å². The SMILES string of the molecule is C=CC1=C(/C=C\C)CCCC(O)C1SC.CC. The Morgan fingerprint density at radius 1 is 1.41 bits per heavy atom. The van der Waals surface area contributed by atoms with Crippen molar-refractivity contribution in [2.45, 2.75) is 51.4 Å². The van der Waals surface area contributed by atoms with E-state index in [-0.39, 0.29) is 11.4 Å². The largest absolute Gasteiger partial charge is 0.392 e. The first-order chi connectivity index (χ1) is 8.24. The Bertz CT molecular complexity index is 279. The Kier molecular flexibility index (Phi) is 9.28. The highest BCUT2D eigenvalue weighted by molar-refractivity contribution is 7.99. The second-order valence-electron chi connectivity index (χ2n) is 3.80. The summed E-state index contributed by atoms with van der Waals surface area (Å²) in [5, 5.41) is 10.2. The molecule has 2 atom stereocenters. The fourth-order valence-electron chi connectivity index (χ4n) is 2.10. The predicted octanol–water partition coefficient (Wildman–Crippen LogP) is 4.35. The van der Waals surface area contributed by atoms with Crippen LogP contribution < -0.4 is 0 Å².